The van der Waals surface area contributed by atoms with Crippen LogP contribution in [-0.4, -0.2) is 14.2 Å². The van der Waals surface area contributed by atoms with Crippen molar-refractivity contribution in [1.29, 1.82) is 5.26 Å². The van der Waals surface area contributed by atoms with Gasteiger partial charge in [-0.1, -0.05) is 36.4 Å². The molecule has 0 spiro atoms. The van der Waals surface area contributed by atoms with Crippen molar-refractivity contribution in [2.45, 2.75) is 12.6 Å². The third kappa shape index (κ3) is 3.74. The maximum absolute atomic E-state index is 9.28. The summed E-state index contributed by atoms with van der Waals surface area (Å²) in [6.07, 6.45) is 0. The summed E-state index contributed by atoms with van der Waals surface area (Å²) in [5.41, 5.74) is 1.99. The van der Waals surface area contributed by atoms with Gasteiger partial charge in [0.2, 0.25) is 0 Å². The molecule has 0 aliphatic rings. The standard InChI is InChI=1S/C17H18N2O2/c1-20-16-9-8-13(10-17(16)21-2)12-19-15(11-18)14-6-4-3-5-7-14/h3-10,15,19H,12H2,1-2H3/t15-/m0/s1. The fourth-order valence-corrected chi connectivity index (χ4v) is 2.09. The number of hydrogen-bond acceptors (Lipinski definition) is 4. The van der Waals surface area contributed by atoms with Crippen LogP contribution in [0.2, 0.25) is 0 Å². The SMILES string of the molecule is COc1ccc(CN[C@@H](C#N)c2ccccc2)cc1OC. The highest BCUT2D eigenvalue weighted by molar-refractivity contribution is 5.43. The first-order valence-electron chi connectivity index (χ1n) is 6.67. The number of benzene rings is 2. The summed E-state index contributed by atoms with van der Waals surface area (Å²) < 4.78 is 10.5. The van der Waals surface area contributed by atoms with Gasteiger partial charge in [0, 0.05) is 6.54 Å². The highest BCUT2D eigenvalue weighted by atomic mass is 16.5. The number of nitrogens with zero attached hydrogens (tertiary/aromatic N) is 1. The van der Waals surface area contributed by atoms with Crippen LogP contribution in [-0.2, 0) is 6.54 Å². The van der Waals surface area contributed by atoms with Crippen LogP contribution in [0.15, 0.2) is 48.5 Å². The van der Waals surface area contributed by atoms with Crippen LogP contribution >= 0.6 is 0 Å². The molecule has 0 heterocycles. The minimum absolute atomic E-state index is 0.334. The molecule has 0 saturated heterocycles. The second-order valence-electron chi connectivity index (χ2n) is 4.54. The average Bonchev–Trinajstić information content (AvgIpc) is 2.56. The summed E-state index contributed by atoms with van der Waals surface area (Å²) in [7, 11) is 3.22. The Morgan fingerprint density at radius 3 is 2.38 bits per heavy atom. The normalized spacial score (nSPS) is 11.5. The monoisotopic (exact) mass is 282 g/mol. The molecule has 0 unspecified atom stereocenters. The minimum Gasteiger partial charge on any atom is -0.493 e. The molecule has 0 radical (unpaired) electrons. The van der Waals surface area contributed by atoms with Crippen molar-refractivity contribution >= 4 is 0 Å². The predicted molar refractivity (Wildman–Crippen MR) is 81.2 cm³/mol. The maximum atomic E-state index is 9.28. The molecule has 0 aromatic heterocycles. The molecule has 0 aliphatic heterocycles. The van der Waals surface area contributed by atoms with Crippen molar-refractivity contribution in [2.24, 2.45) is 0 Å². The summed E-state index contributed by atoms with van der Waals surface area (Å²) in [4.78, 5) is 0. The Bertz CT molecular complexity index is 620. The second-order valence-corrected chi connectivity index (χ2v) is 4.54. The molecule has 0 aliphatic carbocycles. The van der Waals surface area contributed by atoms with Crippen LogP contribution in [0.1, 0.15) is 17.2 Å². The minimum atomic E-state index is -0.334. The molecule has 2 aromatic carbocycles. The lowest BCUT2D eigenvalue weighted by Crippen LogP contribution is -2.19. The average molecular weight is 282 g/mol. The van der Waals surface area contributed by atoms with Crippen LogP contribution < -0.4 is 14.8 Å². The smallest absolute Gasteiger partial charge is 0.161 e. The maximum Gasteiger partial charge on any atom is 0.161 e. The van der Waals surface area contributed by atoms with Crippen molar-refractivity contribution in [3.63, 3.8) is 0 Å². The highest BCUT2D eigenvalue weighted by Crippen LogP contribution is 2.27. The summed E-state index contributed by atoms with van der Waals surface area (Å²) in [6, 6.07) is 17.3. The molecule has 21 heavy (non-hydrogen) atoms. The zero-order valence-electron chi connectivity index (χ0n) is 12.2. The van der Waals surface area contributed by atoms with Crippen LogP contribution in [0, 0.1) is 11.3 Å². The first-order valence-corrected chi connectivity index (χ1v) is 6.67. The summed E-state index contributed by atoms with van der Waals surface area (Å²) >= 11 is 0. The Morgan fingerprint density at radius 2 is 1.76 bits per heavy atom. The van der Waals surface area contributed by atoms with E-state index in [1.165, 1.54) is 0 Å². The number of nitrogens with one attached hydrogen (secondary N) is 1. The van der Waals surface area contributed by atoms with E-state index in [1.54, 1.807) is 14.2 Å². The van der Waals surface area contributed by atoms with Crippen LogP contribution in [0.3, 0.4) is 0 Å². The summed E-state index contributed by atoms with van der Waals surface area (Å²) in [5.74, 6) is 1.38. The Morgan fingerprint density at radius 1 is 1.05 bits per heavy atom. The molecule has 0 amide bonds. The number of rotatable bonds is 6. The first kappa shape index (κ1) is 14.9. The Kier molecular flexibility index (Phi) is 5.19. The lowest BCUT2D eigenvalue weighted by molar-refractivity contribution is 0.354. The van der Waals surface area contributed by atoms with Gasteiger partial charge < -0.3 is 9.47 Å². The van der Waals surface area contributed by atoms with E-state index in [2.05, 4.69) is 11.4 Å². The molecule has 1 N–H and O–H groups in total. The van der Waals surface area contributed by atoms with Gasteiger partial charge in [0.15, 0.2) is 11.5 Å². The molecule has 0 fully saturated rings. The number of nitriles is 1. The van der Waals surface area contributed by atoms with Gasteiger partial charge in [0.1, 0.15) is 6.04 Å². The summed E-state index contributed by atoms with van der Waals surface area (Å²) in [5, 5.41) is 12.5. The lowest BCUT2D eigenvalue weighted by atomic mass is 10.1. The molecule has 108 valence electrons. The topological polar surface area (TPSA) is 54.3 Å². The number of methoxy groups -OCH3 is 2. The quantitative estimate of drug-likeness (QED) is 0.884. The van der Waals surface area contributed by atoms with Gasteiger partial charge in [-0.05, 0) is 23.3 Å². The molecule has 4 nitrogen and oxygen atoms in total. The van der Waals surface area contributed by atoms with E-state index in [1.807, 2.05) is 48.5 Å². The Labute approximate surface area is 124 Å². The van der Waals surface area contributed by atoms with Gasteiger partial charge in [0.05, 0.1) is 20.3 Å². The van der Waals surface area contributed by atoms with Crippen molar-refractivity contribution in [2.75, 3.05) is 14.2 Å². The van der Waals surface area contributed by atoms with Gasteiger partial charge in [-0.2, -0.15) is 5.26 Å². The predicted octanol–water partition coefficient (Wildman–Crippen LogP) is 3.06. The number of hydrogen-bond donors (Lipinski definition) is 1. The van der Waals surface area contributed by atoms with E-state index in [0.29, 0.717) is 18.0 Å². The third-order valence-electron chi connectivity index (χ3n) is 3.22. The highest BCUT2D eigenvalue weighted by Gasteiger charge is 2.10. The fourth-order valence-electron chi connectivity index (χ4n) is 2.09. The first-order chi connectivity index (χ1) is 10.3. The Hall–Kier alpha value is -2.51. The molecule has 2 aromatic rings. The molecule has 0 bridgehead atoms. The van der Waals surface area contributed by atoms with Crippen molar-refractivity contribution in [1.82, 2.24) is 5.32 Å². The van der Waals surface area contributed by atoms with Gasteiger partial charge in [-0.15, -0.1) is 0 Å². The zero-order valence-corrected chi connectivity index (χ0v) is 12.2. The van der Waals surface area contributed by atoms with Gasteiger partial charge in [-0.3, -0.25) is 5.32 Å². The van der Waals surface area contributed by atoms with E-state index in [9.17, 15) is 5.26 Å². The third-order valence-corrected chi connectivity index (χ3v) is 3.22. The fraction of sp³-hybridized carbons (Fsp3) is 0.235. The van der Waals surface area contributed by atoms with E-state index in [4.69, 9.17) is 9.47 Å². The van der Waals surface area contributed by atoms with Crippen LogP contribution in [0.5, 0.6) is 11.5 Å². The van der Waals surface area contributed by atoms with E-state index >= 15 is 0 Å². The molecular formula is C17H18N2O2. The van der Waals surface area contributed by atoms with E-state index in [0.717, 1.165) is 11.1 Å². The van der Waals surface area contributed by atoms with Crippen LogP contribution in [0.4, 0.5) is 0 Å². The lowest BCUT2D eigenvalue weighted by Gasteiger charge is -2.13. The van der Waals surface area contributed by atoms with Gasteiger partial charge in [0.25, 0.3) is 0 Å². The van der Waals surface area contributed by atoms with Gasteiger partial charge in [-0.25, -0.2) is 0 Å². The Balaban J connectivity index is 2.07. The van der Waals surface area contributed by atoms with Gasteiger partial charge >= 0.3 is 0 Å². The molecule has 4 heteroatoms. The van der Waals surface area contributed by atoms with Crippen LogP contribution in [0.25, 0.3) is 0 Å². The van der Waals surface area contributed by atoms with Crippen molar-refractivity contribution < 1.29 is 9.47 Å². The number of ether oxygens (including phenoxy) is 2. The molecule has 2 rings (SSSR count). The summed E-state index contributed by atoms with van der Waals surface area (Å²) in [6.45, 7) is 0.577. The molecule has 1 atom stereocenters. The van der Waals surface area contributed by atoms with Crippen molar-refractivity contribution in [3.8, 4) is 17.6 Å². The molecule has 0 saturated carbocycles. The molecular weight excluding hydrogens is 264 g/mol. The van der Waals surface area contributed by atoms with E-state index in [-0.39, 0.29) is 6.04 Å². The van der Waals surface area contributed by atoms with Crippen molar-refractivity contribution in [3.05, 3.63) is 59.7 Å². The van der Waals surface area contributed by atoms with E-state index < -0.39 is 0 Å². The largest absolute Gasteiger partial charge is 0.493 e. The zero-order chi connectivity index (χ0) is 15.1. The second kappa shape index (κ2) is 7.32.